The summed E-state index contributed by atoms with van der Waals surface area (Å²) in [7, 11) is 0. The summed E-state index contributed by atoms with van der Waals surface area (Å²) in [4.78, 5) is 12.9. The molecular formula is C18H24BrF2N3O. The number of amides is 1. The third-order valence-electron chi connectivity index (χ3n) is 6.48. The van der Waals surface area contributed by atoms with E-state index in [4.69, 9.17) is 0 Å². The van der Waals surface area contributed by atoms with E-state index in [2.05, 4.69) is 26.3 Å². The van der Waals surface area contributed by atoms with Crippen LogP contribution in [0.3, 0.4) is 0 Å². The van der Waals surface area contributed by atoms with E-state index in [1.807, 2.05) is 0 Å². The first-order chi connectivity index (χ1) is 11.8. The minimum absolute atomic E-state index is 0.0794. The first-order valence-electron chi connectivity index (χ1n) is 9.12. The average Bonchev–Trinajstić information content (AvgIpc) is 2.81. The van der Waals surface area contributed by atoms with Crippen LogP contribution in [-0.4, -0.2) is 21.2 Å². The molecule has 0 radical (unpaired) electrons. The highest BCUT2D eigenvalue weighted by Gasteiger charge is 2.51. The molecule has 4 saturated carbocycles. The minimum Gasteiger partial charge on any atom is -0.349 e. The Balaban J connectivity index is 1.53. The van der Waals surface area contributed by atoms with Gasteiger partial charge in [-0.3, -0.25) is 9.48 Å². The van der Waals surface area contributed by atoms with Crippen molar-refractivity contribution in [2.75, 3.05) is 0 Å². The summed E-state index contributed by atoms with van der Waals surface area (Å²) in [6.07, 6.45) is 4.49. The molecule has 1 heterocycles. The van der Waals surface area contributed by atoms with Gasteiger partial charge in [-0.15, -0.1) is 0 Å². The second-order valence-electron chi connectivity index (χ2n) is 8.39. The predicted octanol–water partition coefficient (Wildman–Crippen LogP) is 4.54. The average molecular weight is 416 g/mol. The lowest BCUT2D eigenvalue weighted by atomic mass is 9.53. The van der Waals surface area contributed by atoms with Gasteiger partial charge in [-0.1, -0.05) is 0 Å². The molecule has 4 fully saturated rings. The third-order valence-corrected chi connectivity index (χ3v) is 7.46. The van der Waals surface area contributed by atoms with Gasteiger partial charge >= 0.3 is 0 Å². The molecule has 0 aliphatic heterocycles. The standard InChI is InChI=1S/C18H24BrF2N3O/c1-9-14(19)15(16(20)21)23-24(9)10(2)17(25)22-18-6-11-3-12(7-18)5-13(4-11)8-18/h10-13,16H,3-8H2,1-2H3,(H,22,25)/t10-,11?,12?,13?,18?/m1/s1. The number of hydrogen-bond donors (Lipinski definition) is 1. The fourth-order valence-corrected chi connectivity index (χ4v) is 6.21. The van der Waals surface area contributed by atoms with E-state index in [0.29, 0.717) is 5.69 Å². The highest BCUT2D eigenvalue weighted by Crippen LogP contribution is 2.55. The van der Waals surface area contributed by atoms with Gasteiger partial charge in [-0.25, -0.2) is 8.78 Å². The van der Waals surface area contributed by atoms with E-state index in [-0.39, 0.29) is 21.6 Å². The van der Waals surface area contributed by atoms with Crippen LogP contribution in [0.2, 0.25) is 0 Å². The Hall–Kier alpha value is -0.980. The zero-order valence-corrected chi connectivity index (χ0v) is 16.2. The van der Waals surface area contributed by atoms with Crippen LogP contribution in [0.4, 0.5) is 8.78 Å². The van der Waals surface area contributed by atoms with Gasteiger partial charge in [0, 0.05) is 5.54 Å². The van der Waals surface area contributed by atoms with Gasteiger partial charge in [0.15, 0.2) is 0 Å². The monoisotopic (exact) mass is 415 g/mol. The lowest BCUT2D eigenvalue weighted by Gasteiger charge is -2.57. The number of carbonyl (C=O) groups is 1. The molecule has 4 bridgehead atoms. The molecule has 5 rings (SSSR count). The van der Waals surface area contributed by atoms with E-state index in [1.165, 1.54) is 23.9 Å². The van der Waals surface area contributed by atoms with Crippen molar-refractivity contribution in [3.63, 3.8) is 0 Å². The summed E-state index contributed by atoms with van der Waals surface area (Å²) < 4.78 is 27.8. The van der Waals surface area contributed by atoms with Crippen LogP contribution in [0, 0.1) is 24.7 Å². The quantitative estimate of drug-likeness (QED) is 0.784. The summed E-state index contributed by atoms with van der Waals surface area (Å²) >= 11 is 3.18. The predicted molar refractivity (Wildman–Crippen MR) is 93.4 cm³/mol. The molecule has 1 amide bonds. The molecule has 1 aromatic heterocycles. The molecule has 4 aliphatic rings. The second kappa shape index (κ2) is 6.03. The van der Waals surface area contributed by atoms with Gasteiger partial charge in [0.05, 0.1) is 10.2 Å². The Morgan fingerprint density at radius 2 is 1.76 bits per heavy atom. The number of carbonyl (C=O) groups excluding carboxylic acids is 1. The van der Waals surface area contributed by atoms with Crippen molar-refractivity contribution < 1.29 is 13.6 Å². The Bertz CT molecular complexity index is 667. The fraction of sp³-hybridized carbons (Fsp3) is 0.778. The van der Waals surface area contributed by atoms with E-state index < -0.39 is 12.5 Å². The van der Waals surface area contributed by atoms with Gasteiger partial charge in [-0.05, 0) is 86.1 Å². The fourth-order valence-electron chi connectivity index (χ4n) is 5.78. The summed E-state index contributed by atoms with van der Waals surface area (Å²) in [5, 5.41) is 7.29. The summed E-state index contributed by atoms with van der Waals surface area (Å²) in [6, 6.07) is -0.600. The van der Waals surface area contributed by atoms with E-state index in [9.17, 15) is 13.6 Å². The molecule has 138 valence electrons. The Morgan fingerprint density at radius 1 is 1.24 bits per heavy atom. The van der Waals surface area contributed by atoms with Gasteiger partial charge in [0.25, 0.3) is 6.43 Å². The molecule has 1 N–H and O–H groups in total. The summed E-state index contributed by atoms with van der Waals surface area (Å²) in [6.45, 7) is 3.44. The molecule has 4 nitrogen and oxygen atoms in total. The molecule has 4 aliphatic carbocycles. The number of nitrogens with zero attached hydrogens (tertiary/aromatic N) is 2. The summed E-state index contributed by atoms with van der Waals surface area (Å²) in [5.74, 6) is 2.12. The van der Waals surface area contributed by atoms with Crippen molar-refractivity contribution in [1.82, 2.24) is 15.1 Å². The maximum atomic E-state index is 13.1. The Kier molecular flexibility index (Phi) is 4.21. The minimum atomic E-state index is -2.66. The van der Waals surface area contributed by atoms with Crippen molar-refractivity contribution in [2.45, 2.75) is 70.4 Å². The van der Waals surface area contributed by atoms with Gasteiger partial charge < -0.3 is 5.32 Å². The first kappa shape index (κ1) is 17.4. The van der Waals surface area contributed by atoms with Gasteiger partial charge in [0.1, 0.15) is 11.7 Å². The SMILES string of the molecule is Cc1c(Br)c(C(F)F)nn1[C@H](C)C(=O)NC12CC3CC(CC(C3)C1)C2. The van der Waals surface area contributed by atoms with E-state index in [1.54, 1.807) is 13.8 Å². The molecule has 0 saturated heterocycles. The zero-order valence-electron chi connectivity index (χ0n) is 14.6. The zero-order chi connectivity index (χ0) is 17.9. The molecule has 1 aromatic rings. The first-order valence-corrected chi connectivity index (χ1v) is 9.92. The van der Waals surface area contributed by atoms with Crippen molar-refractivity contribution in [2.24, 2.45) is 17.8 Å². The maximum Gasteiger partial charge on any atom is 0.283 e. The van der Waals surface area contributed by atoms with Gasteiger partial charge in [-0.2, -0.15) is 5.10 Å². The van der Waals surface area contributed by atoms with E-state index >= 15 is 0 Å². The molecule has 0 unspecified atom stereocenters. The van der Waals surface area contributed by atoms with Crippen LogP contribution in [0.15, 0.2) is 4.47 Å². The van der Waals surface area contributed by atoms with Crippen molar-refractivity contribution >= 4 is 21.8 Å². The lowest BCUT2D eigenvalue weighted by molar-refractivity contribution is -0.130. The van der Waals surface area contributed by atoms with Crippen molar-refractivity contribution in [3.05, 3.63) is 15.9 Å². The Labute approximate surface area is 154 Å². The molecule has 1 atom stereocenters. The number of alkyl halides is 2. The Morgan fingerprint density at radius 3 is 2.20 bits per heavy atom. The highest BCUT2D eigenvalue weighted by molar-refractivity contribution is 9.10. The molecule has 0 spiro atoms. The number of aromatic nitrogens is 2. The normalized spacial score (nSPS) is 34.6. The van der Waals surface area contributed by atoms with Crippen LogP contribution in [0.25, 0.3) is 0 Å². The molecule has 25 heavy (non-hydrogen) atoms. The number of halogens is 3. The van der Waals surface area contributed by atoms with Crippen LogP contribution < -0.4 is 5.32 Å². The summed E-state index contributed by atoms with van der Waals surface area (Å²) in [5.41, 5.74) is 0.180. The number of nitrogens with one attached hydrogen (secondary N) is 1. The van der Waals surface area contributed by atoms with Crippen LogP contribution >= 0.6 is 15.9 Å². The number of rotatable bonds is 4. The lowest BCUT2D eigenvalue weighted by Crippen LogP contribution is -2.60. The topological polar surface area (TPSA) is 46.9 Å². The second-order valence-corrected chi connectivity index (χ2v) is 9.19. The highest BCUT2D eigenvalue weighted by atomic mass is 79.9. The van der Waals surface area contributed by atoms with E-state index in [0.717, 1.165) is 37.0 Å². The molecular weight excluding hydrogens is 392 g/mol. The van der Waals surface area contributed by atoms with Crippen LogP contribution in [0.1, 0.15) is 69.3 Å². The maximum absolute atomic E-state index is 13.1. The van der Waals surface area contributed by atoms with Crippen LogP contribution in [-0.2, 0) is 4.79 Å². The largest absolute Gasteiger partial charge is 0.349 e. The van der Waals surface area contributed by atoms with Crippen molar-refractivity contribution in [1.29, 1.82) is 0 Å². The van der Waals surface area contributed by atoms with Crippen LogP contribution in [0.5, 0.6) is 0 Å². The third kappa shape index (κ3) is 2.92. The van der Waals surface area contributed by atoms with Crippen molar-refractivity contribution in [3.8, 4) is 0 Å². The van der Waals surface area contributed by atoms with Gasteiger partial charge in [0.2, 0.25) is 5.91 Å². The number of hydrogen-bond acceptors (Lipinski definition) is 2. The smallest absolute Gasteiger partial charge is 0.283 e. The molecule has 0 aromatic carbocycles. The molecule has 7 heteroatoms.